The number of nitrogens with zero attached hydrogens (tertiary/aromatic N) is 2. The lowest BCUT2D eigenvalue weighted by Crippen LogP contribution is -2.52. The zero-order valence-corrected chi connectivity index (χ0v) is 22.9. The van der Waals surface area contributed by atoms with Gasteiger partial charge in [0.1, 0.15) is 10.9 Å². The molecule has 0 fully saturated rings. The van der Waals surface area contributed by atoms with Crippen LogP contribution in [0.15, 0.2) is 47.4 Å². The van der Waals surface area contributed by atoms with Gasteiger partial charge in [-0.15, -0.1) is 0 Å². The van der Waals surface area contributed by atoms with Crippen LogP contribution in [0.5, 0.6) is 0 Å². The Morgan fingerprint density at radius 3 is 2.39 bits per heavy atom. The number of halogens is 2. The minimum absolute atomic E-state index is 0.0344. The molecule has 0 saturated carbocycles. The summed E-state index contributed by atoms with van der Waals surface area (Å²) in [4.78, 5) is 40.2. The molecule has 1 atom stereocenters. The number of carbonyl (C=O) groups is 3. The van der Waals surface area contributed by atoms with Gasteiger partial charge in [0.05, 0.1) is 5.56 Å². The maximum Gasteiger partial charge on any atom is 0.269 e. The summed E-state index contributed by atoms with van der Waals surface area (Å²) in [5.74, 6) is -1.33. The van der Waals surface area contributed by atoms with Crippen LogP contribution < -0.4 is 5.32 Å². The summed E-state index contributed by atoms with van der Waals surface area (Å²) >= 11 is 12.3. The second kappa shape index (κ2) is 10.8. The normalized spacial score (nSPS) is 15.4. The van der Waals surface area contributed by atoms with Crippen LogP contribution in [0.3, 0.4) is 0 Å². The van der Waals surface area contributed by atoms with Crippen LogP contribution in [0.1, 0.15) is 56.5 Å². The van der Waals surface area contributed by atoms with E-state index in [-0.39, 0.29) is 48.2 Å². The second-order valence-electron chi connectivity index (χ2n) is 9.65. The molecular weight excluding hydrogens is 525 g/mol. The van der Waals surface area contributed by atoms with Gasteiger partial charge in [-0.25, -0.2) is 12.7 Å². The van der Waals surface area contributed by atoms with Crippen molar-refractivity contribution in [2.24, 2.45) is 0 Å². The van der Waals surface area contributed by atoms with Gasteiger partial charge in [0, 0.05) is 35.1 Å². The Morgan fingerprint density at radius 1 is 1.11 bits per heavy atom. The third-order valence-electron chi connectivity index (χ3n) is 5.69. The summed E-state index contributed by atoms with van der Waals surface area (Å²) < 4.78 is 26.3. The van der Waals surface area contributed by atoms with Crippen LogP contribution in [-0.2, 0) is 26.2 Å². The van der Waals surface area contributed by atoms with E-state index < -0.39 is 27.5 Å². The molecule has 0 bridgehead atoms. The number of nitrogens with one attached hydrogen (secondary N) is 1. The van der Waals surface area contributed by atoms with Crippen LogP contribution in [0.25, 0.3) is 0 Å². The van der Waals surface area contributed by atoms with Gasteiger partial charge >= 0.3 is 0 Å². The predicted molar refractivity (Wildman–Crippen MR) is 138 cm³/mol. The van der Waals surface area contributed by atoms with Crippen molar-refractivity contribution in [1.29, 1.82) is 0 Å². The highest BCUT2D eigenvalue weighted by Gasteiger charge is 2.40. The molecule has 8 nitrogen and oxygen atoms in total. The summed E-state index contributed by atoms with van der Waals surface area (Å²) in [6.07, 6.45) is 0.0181. The first-order chi connectivity index (χ1) is 16.7. The van der Waals surface area contributed by atoms with Gasteiger partial charge < -0.3 is 10.2 Å². The van der Waals surface area contributed by atoms with Crippen LogP contribution in [-0.4, -0.2) is 53.5 Å². The van der Waals surface area contributed by atoms with E-state index in [0.717, 1.165) is 4.31 Å². The molecule has 0 saturated heterocycles. The fraction of sp³-hybridized carbons (Fsp3) is 0.400. The maximum absolute atomic E-state index is 13.3. The van der Waals surface area contributed by atoms with Crippen molar-refractivity contribution in [3.63, 3.8) is 0 Å². The number of hydrogen-bond acceptors (Lipinski definition) is 5. The number of rotatable bonds is 8. The van der Waals surface area contributed by atoms with Gasteiger partial charge in [-0.1, -0.05) is 41.4 Å². The highest BCUT2D eigenvalue weighted by molar-refractivity contribution is 7.90. The molecule has 2 aromatic carbocycles. The van der Waals surface area contributed by atoms with E-state index in [1.165, 1.54) is 17.0 Å². The highest BCUT2D eigenvalue weighted by Crippen LogP contribution is 2.30. The van der Waals surface area contributed by atoms with Crippen LogP contribution in [0.4, 0.5) is 0 Å². The van der Waals surface area contributed by atoms with Crippen LogP contribution >= 0.6 is 23.2 Å². The van der Waals surface area contributed by atoms with E-state index >= 15 is 0 Å². The van der Waals surface area contributed by atoms with Crippen molar-refractivity contribution in [2.75, 3.05) is 6.54 Å². The highest BCUT2D eigenvalue weighted by atomic mass is 35.5. The largest absolute Gasteiger partial charge is 0.350 e. The fourth-order valence-electron chi connectivity index (χ4n) is 3.86. The smallest absolute Gasteiger partial charge is 0.269 e. The predicted octanol–water partition coefficient (Wildman–Crippen LogP) is 4.25. The molecule has 1 N–H and O–H groups in total. The summed E-state index contributed by atoms with van der Waals surface area (Å²) in [7, 11) is -3.96. The molecule has 0 radical (unpaired) electrons. The monoisotopic (exact) mass is 553 g/mol. The number of amides is 3. The molecule has 11 heteroatoms. The van der Waals surface area contributed by atoms with E-state index in [9.17, 15) is 22.8 Å². The summed E-state index contributed by atoms with van der Waals surface area (Å²) in [5, 5.41) is 3.67. The van der Waals surface area contributed by atoms with Gasteiger partial charge in [-0.3, -0.25) is 14.4 Å². The topological polar surface area (TPSA) is 104 Å². The lowest BCUT2D eigenvalue weighted by molar-refractivity contribution is -0.141. The number of carbonyl (C=O) groups excluding carboxylic acids is 3. The molecular formula is C25H29Cl2N3O5S. The van der Waals surface area contributed by atoms with Crippen molar-refractivity contribution in [3.8, 4) is 0 Å². The molecule has 3 rings (SSSR count). The first kappa shape index (κ1) is 28.0. The number of sulfonamides is 1. The SMILES string of the molecule is C[C@H](C(=O)NC(C)(C)C)N(Cc1ccc(Cl)cc1Cl)C(=O)CCCN1C(=O)c2ccccc2S1(=O)=O. The van der Waals surface area contributed by atoms with Gasteiger partial charge in [0.2, 0.25) is 11.8 Å². The molecule has 3 amide bonds. The maximum atomic E-state index is 13.3. The number of benzene rings is 2. The third-order valence-corrected chi connectivity index (χ3v) is 8.11. The Kier molecular flexibility index (Phi) is 8.37. The molecule has 0 aromatic heterocycles. The first-order valence-electron chi connectivity index (χ1n) is 11.4. The molecule has 0 aliphatic carbocycles. The Hall–Kier alpha value is -2.62. The Labute approximate surface area is 221 Å². The molecule has 0 unspecified atom stereocenters. The van der Waals surface area contributed by atoms with Crippen LogP contribution in [0, 0.1) is 0 Å². The van der Waals surface area contributed by atoms with Crippen LogP contribution in [0.2, 0.25) is 10.0 Å². The van der Waals surface area contributed by atoms with E-state index in [0.29, 0.717) is 15.6 Å². The lowest BCUT2D eigenvalue weighted by Gasteiger charge is -2.32. The molecule has 1 heterocycles. The lowest BCUT2D eigenvalue weighted by atomic mass is 10.1. The number of hydrogen-bond donors (Lipinski definition) is 1. The Morgan fingerprint density at radius 2 is 1.78 bits per heavy atom. The van der Waals surface area contributed by atoms with Gasteiger partial charge in [-0.05, 0) is 63.9 Å². The van der Waals surface area contributed by atoms with E-state index in [1.807, 2.05) is 20.8 Å². The molecule has 2 aromatic rings. The van der Waals surface area contributed by atoms with E-state index in [1.54, 1.807) is 37.3 Å². The molecule has 0 spiro atoms. The fourth-order valence-corrected chi connectivity index (χ4v) is 5.94. The van der Waals surface area contributed by atoms with Gasteiger partial charge in [0.15, 0.2) is 0 Å². The van der Waals surface area contributed by atoms with Crippen molar-refractivity contribution in [2.45, 2.75) is 63.6 Å². The zero-order chi connectivity index (χ0) is 26.8. The van der Waals surface area contributed by atoms with Crippen molar-refractivity contribution in [3.05, 3.63) is 63.6 Å². The van der Waals surface area contributed by atoms with E-state index in [4.69, 9.17) is 23.2 Å². The summed E-state index contributed by atoms with van der Waals surface area (Å²) in [6.45, 7) is 7.04. The summed E-state index contributed by atoms with van der Waals surface area (Å²) in [5.41, 5.74) is 0.227. The Balaban J connectivity index is 1.75. The standard InChI is InChI=1S/C25H29Cl2N3O5S/c1-16(23(32)28-25(2,3)4)29(15-17-11-12-18(26)14-20(17)27)22(31)10-7-13-30-24(33)19-8-5-6-9-21(19)36(30,34)35/h5-6,8-9,11-12,14,16H,7,10,13,15H2,1-4H3,(H,28,32)/t16-/m1/s1. The minimum atomic E-state index is -3.96. The molecule has 1 aliphatic rings. The third kappa shape index (κ3) is 6.19. The van der Waals surface area contributed by atoms with Crippen molar-refractivity contribution >= 4 is 50.9 Å². The average Bonchev–Trinajstić information content (AvgIpc) is 2.97. The molecule has 1 aliphatic heterocycles. The average molecular weight is 554 g/mol. The van der Waals surface area contributed by atoms with Crippen molar-refractivity contribution < 1.29 is 22.8 Å². The first-order valence-corrected chi connectivity index (χ1v) is 13.6. The van der Waals surface area contributed by atoms with Gasteiger partial charge in [0.25, 0.3) is 15.9 Å². The molecule has 36 heavy (non-hydrogen) atoms. The minimum Gasteiger partial charge on any atom is -0.350 e. The number of fused-ring (bicyclic) bond motifs is 1. The Bertz CT molecular complexity index is 1290. The molecule has 194 valence electrons. The zero-order valence-electron chi connectivity index (χ0n) is 20.5. The summed E-state index contributed by atoms with van der Waals surface area (Å²) in [6, 6.07) is 10.1. The van der Waals surface area contributed by atoms with E-state index in [2.05, 4.69) is 5.32 Å². The van der Waals surface area contributed by atoms with Gasteiger partial charge in [-0.2, -0.15) is 0 Å². The van der Waals surface area contributed by atoms with Crippen molar-refractivity contribution in [1.82, 2.24) is 14.5 Å². The quantitative estimate of drug-likeness (QED) is 0.526. The second-order valence-corrected chi connectivity index (χ2v) is 12.3.